The largest absolute Gasteiger partial charge is 0.384 e. The molecule has 0 unspecified atom stereocenters. The van der Waals surface area contributed by atoms with Gasteiger partial charge in [0, 0.05) is 26.3 Å². The Hall–Kier alpha value is -3.47. The highest BCUT2D eigenvalue weighted by Gasteiger charge is 2.39. The Morgan fingerprint density at radius 3 is 2.58 bits per heavy atom. The van der Waals surface area contributed by atoms with Gasteiger partial charge in [0.25, 0.3) is 15.9 Å². The standard InChI is InChI=1S/C25H33N7O3S.H2/c1-16(2)14-31-12-11-20(29-31)19-10-9-18(23(27-19)32-15-17(3)13-25(32,4)5)24(33)30-36(34,35)22-8-6-7-21(26)28-22;/h6-12,16-17H,13-15H2,1-5H3,(H2,26,28)(H,30,33);1H/t17-;/m0./s1. The lowest BCUT2D eigenvalue weighted by molar-refractivity contribution is 0.0981. The average Bonchev–Trinajstić information content (AvgIpc) is 3.35. The monoisotopic (exact) mass is 513 g/mol. The van der Waals surface area contributed by atoms with Crippen molar-refractivity contribution in [3.8, 4) is 11.4 Å². The number of nitrogen functional groups attached to an aromatic ring is 1. The molecular weight excluding hydrogens is 478 g/mol. The van der Waals surface area contributed by atoms with E-state index in [0.717, 1.165) is 13.0 Å². The lowest BCUT2D eigenvalue weighted by Gasteiger charge is -2.34. The molecule has 3 aromatic heterocycles. The van der Waals surface area contributed by atoms with E-state index in [2.05, 4.69) is 54.3 Å². The maximum absolute atomic E-state index is 13.3. The van der Waals surface area contributed by atoms with Crippen LogP contribution in [0, 0.1) is 11.8 Å². The zero-order chi connectivity index (χ0) is 26.3. The van der Waals surface area contributed by atoms with Crippen molar-refractivity contribution in [2.24, 2.45) is 11.8 Å². The predicted octanol–water partition coefficient (Wildman–Crippen LogP) is 3.57. The number of hydrogen-bond donors (Lipinski definition) is 2. The molecule has 194 valence electrons. The molecule has 4 rings (SSSR count). The molecule has 3 N–H and O–H groups in total. The molecule has 4 heterocycles. The van der Waals surface area contributed by atoms with Crippen molar-refractivity contribution in [1.82, 2.24) is 24.5 Å². The highest BCUT2D eigenvalue weighted by atomic mass is 32.2. The third-order valence-corrected chi connectivity index (χ3v) is 7.38. The molecule has 0 aromatic carbocycles. The lowest BCUT2D eigenvalue weighted by atomic mass is 9.97. The number of carbonyl (C=O) groups excluding carboxylic acids is 1. The van der Waals surface area contributed by atoms with Gasteiger partial charge >= 0.3 is 0 Å². The number of anilines is 2. The Labute approximate surface area is 213 Å². The summed E-state index contributed by atoms with van der Waals surface area (Å²) in [6.07, 6.45) is 2.82. The van der Waals surface area contributed by atoms with Gasteiger partial charge in [-0.3, -0.25) is 9.48 Å². The molecule has 3 aromatic rings. The van der Waals surface area contributed by atoms with Gasteiger partial charge < -0.3 is 10.6 Å². The Morgan fingerprint density at radius 1 is 1.19 bits per heavy atom. The molecule has 1 atom stereocenters. The van der Waals surface area contributed by atoms with Crippen LogP contribution in [0.4, 0.5) is 11.6 Å². The van der Waals surface area contributed by atoms with E-state index in [-0.39, 0.29) is 23.4 Å². The fraction of sp³-hybridized carbons (Fsp3) is 0.440. The van der Waals surface area contributed by atoms with Gasteiger partial charge in [0.05, 0.1) is 11.3 Å². The normalized spacial score (nSPS) is 17.5. The Kier molecular flexibility index (Phi) is 6.78. The molecule has 11 heteroatoms. The first-order valence-corrected chi connectivity index (χ1v) is 13.5. The fourth-order valence-electron chi connectivity index (χ4n) is 4.72. The van der Waals surface area contributed by atoms with E-state index in [0.29, 0.717) is 35.6 Å². The summed E-state index contributed by atoms with van der Waals surface area (Å²) in [5.41, 5.74) is 6.82. The third kappa shape index (κ3) is 5.35. The quantitative estimate of drug-likeness (QED) is 0.489. The number of hydrogen-bond acceptors (Lipinski definition) is 8. The van der Waals surface area contributed by atoms with Crippen molar-refractivity contribution in [3.05, 3.63) is 48.2 Å². The van der Waals surface area contributed by atoms with Crippen LogP contribution in [0.3, 0.4) is 0 Å². The van der Waals surface area contributed by atoms with Crippen LogP contribution in [0.15, 0.2) is 47.6 Å². The fourth-order valence-corrected chi connectivity index (χ4v) is 5.66. The van der Waals surface area contributed by atoms with Crippen molar-refractivity contribution < 1.29 is 14.6 Å². The van der Waals surface area contributed by atoms with E-state index < -0.39 is 15.9 Å². The topological polar surface area (TPSA) is 136 Å². The first-order valence-electron chi connectivity index (χ1n) is 12.0. The van der Waals surface area contributed by atoms with Crippen LogP contribution >= 0.6 is 0 Å². The van der Waals surface area contributed by atoms with Crippen molar-refractivity contribution in [2.75, 3.05) is 17.2 Å². The van der Waals surface area contributed by atoms with Gasteiger partial charge in [0.15, 0.2) is 5.03 Å². The minimum Gasteiger partial charge on any atom is -0.384 e. The summed E-state index contributed by atoms with van der Waals surface area (Å²) in [5, 5.41) is 4.31. The van der Waals surface area contributed by atoms with E-state index in [9.17, 15) is 13.2 Å². The summed E-state index contributed by atoms with van der Waals surface area (Å²) >= 11 is 0. The number of nitrogens with zero attached hydrogens (tertiary/aromatic N) is 5. The number of nitrogens with one attached hydrogen (secondary N) is 1. The molecule has 1 fully saturated rings. The number of amides is 1. The van der Waals surface area contributed by atoms with Crippen molar-refractivity contribution in [1.29, 1.82) is 0 Å². The molecule has 1 aliphatic heterocycles. The van der Waals surface area contributed by atoms with Crippen LogP contribution in [0.2, 0.25) is 0 Å². The summed E-state index contributed by atoms with van der Waals surface area (Å²) < 4.78 is 29.7. The van der Waals surface area contributed by atoms with Crippen molar-refractivity contribution in [2.45, 2.75) is 58.1 Å². The van der Waals surface area contributed by atoms with Crippen LogP contribution in [-0.4, -0.2) is 46.2 Å². The maximum Gasteiger partial charge on any atom is 0.281 e. The second kappa shape index (κ2) is 9.53. The van der Waals surface area contributed by atoms with Gasteiger partial charge in [0.2, 0.25) is 0 Å². The number of sulfonamides is 1. The minimum absolute atomic E-state index is 0. The van der Waals surface area contributed by atoms with Gasteiger partial charge in [-0.2, -0.15) is 13.5 Å². The van der Waals surface area contributed by atoms with Crippen LogP contribution in [0.5, 0.6) is 0 Å². The Morgan fingerprint density at radius 2 is 1.94 bits per heavy atom. The summed E-state index contributed by atoms with van der Waals surface area (Å²) in [7, 11) is -4.23. The highest BCUT2D eigenvalue weighted by molar-refractivity contribution is 7.90. The number of pyridine rings is 2. The number of rotatable bonds is 7. The van der Waals surface area contributed by atoms with Crippen LogP contribution < -0.4 is 15.4 Å². The maximum atomic E-state index is 13.3. The SMILES string of the molecule is CC(C)Cn1ccc(-c2ccc(C(=O)NS(=O)(=O)c3cccc(N)n3)c(N3C[C@@H](C)CC3(C)C)n2)n1.[HH]. The second-order valence-electron chi connectivity index (χ2n) is 10.5. The average molecular weight is 514 g/mol. The van der Waals surface area contributed by atoms with E-state index in [4.69, 9.17) is 10.7 Å². The van der Waals surface area contributed by atoms with Crippen LogP contribution in [0.1, 0.15) is 52.8 Å². The zero-order valence-electron chi connectivity index (χ0n) is 21.3. The predicted molar refractivity (Wildman–Crippen MR) is 141 cm³/mol. The number of nitrogens with two attached hydrogens (primary N) is 1. The van der Waals surface area contributed by atoms with Gasteiger partial charge in [-0.15, -0.1) is 0 Å². The first-order chi connectivity index (χ1) is 16.9. The minimum atomic E-state index is -4.23. The molecule has 1 amide bonds. The molecule has 36 heavy (non-hydrogen) atoms. The summed E-state index contributed by atoms with van der Waals surface area (Å²) in [5.74, 6) is 0.506. The molecule has 10 nitrogen and oxygen atoms in total. The van der Waals surface area contributed by atoms with Crippen molar-refractivity contribution in [3.63, 3.8) is 0 Å². The molecule has 0 bridgehead atoms. The Balaban J connectivity index is 0.00000380. The van der Waals surface area contributed by atoms with Crippen LogP contribution in [0.25, 0.3) is 11.4 Å². The van der Waals surface area contributed by atoms with E-state index in [1.54, 1.807) is 12.1 Å². The van der Waals surface area contributed by atoms with E-state index in [1.165, 1.54) is 18.2 Å². The van der Waals surface area contributed by atoms with Gasteiger partial charge in [-0.1, -0.05) is 26.8 Å². The van der Waals surface area contributed by atoms with Crippen LogP contribution in [-0.2, 0) is 16.6 Å². The molecule has 1 aliphatic rings. The van der Waals surface area contributed by atoms with Crippen molar-refractivity contribution >= 4 is 27.6 Å². The van der Waals surface area contributed by atoms with Gasteiger partial charge in [0.1, 0.15) is 17.3 Å². The second-order valence-corrected chi connectivity index (χ2v) is 12.1. The molecular formula is C25H35N7O3S. The smallest absolute Gasteiger partial charge is 0.281 e. The molecule has 0 saturated carbocycles. The summed E-state index contributed by atoms with van der Waals surface area (Å²) in [6.45, 7) is 12.0. The molecule has 1 saturated heterocycles. The van der Waals surface area contributed by atoms with E-state index >= 15 is 0 Å². The highest BCUT2D eigenvalue weighted by Crippen LogP contribution is 2.38. The first kappa shape index (κ1) is 25.6. The Bertz CT molecular complexity index is 1390. The lowest BCUT2D eigenvalue weighted by Crippen LogP contribution is -2.41. The van der Waals surface area contributed by atoms with Gasteiger partial charge in [-0.05, 0) is 62.4 Å². The number of carbonyl (C=O) groups is 1. The summed E-state index contributed by atoms with van der Waals surface area (Å²) in [6, 6.07) is 9.42. The van der Waals surface area contributed by atoms with E-state index in [1.807, 2.05) is 16.9 Å². The zero-order valence-corrected chi connectivity index (χ0v) is 22.1. The molecule has 0 aliphatic carbocycles. The van der Waals surface area contributed by atoms with Gasteiger partial charge in [-0.25, -0.2) is 14.7 Å². The number of aromatic nitrogens is 4. The third-order valence-electron chi connectivity index (χ3n) is 6.15. The summed E-state index contributed by atoms with van der Waals surface area (Å²) in [4.78, 5) is 24.1. The molecule has 0 radical (unpaired) electrons. The molecule has 0 spiro atoms.